The topological polar surface area (TPSA) is 44.4 Å². The van der Waals surface area contributed by atoms with E-state index >= 15 is 0 Å². The molecule has 1 aliphatic heterocycles. The van der Waals surface area contributed by atoms with Gasteiger partial charge in [-0.1, -0.05) is 0 Å². The smallest absolute Gasteiger partial charge is 0.238 e. The summed E-state index contributed by atoms with van der Waals surface area (Å²) in [7, 11) is 0. The summed E-state index contributed by atoms with van der Waals surface area (Å²) >= 11 is 0. The zero-order valence-electron chi connectivity index (χ0n) is 12.7. The zero-order valence-corrected chi connectivity index (χ0v) is 12.7. The molecule has 116 valence electrons. The molecular formula is C16H24FN3O. The molecule has 1 atom stereocenters. The fourth-order valence-electron chi connectivity index (χ4n) is 2.57. The van der Waals surface area contributed by atoms with Crippen LogP contribution in [-0.4, -0.2) is 42.5 Å². The van der Waals surface area contributed by atoms with Gasteiger partial charge in [0.05, 0.1) is 6.54 Å². The van der Waals surface area contributed by atoms with Gasteiger partial charge in [0, 0.05) is 24.3 Å². The summed E-state index contributed by atoms with van der Waals surface area (Å²) in [4.78, 5) is 14.3. The molecule has 0 aliphatic carbocycles. The van der Waals surface area contributed by atoms with E-state index < -0.39 is 0 Å². The van der Waals surface area contributed by atoms with Crippen molar-refractivity contribution in [1.29, 1.82) is 0 Å². The molecule has 2 N–H and O–H groups in total. The number of carbonyl (C=O) groups is 1. The molecule has 0 saturated carbocycles. The minimum Gasteiger partial charge on any atom is -0.325 e. The van der Waals surface area contributed by atoms with Crippen LogP contribution in [0, 0.1) is 5.82 Å². The molecule has 1 aliphatic rings. The highest BCUT2D eigenvalue weighted by atomic mass is 19.1. The third-order valence-electron chi connectivity index (χ3n) is 3.82. The Morgan fingerprint density at radius 2 is 2.14 bits per heavy atom. The van der Waals surface area contributed by atoms with Crippen LogP contribution in [0.1, 0.15) is 26.7 Å². The average Bonchev–Trinajstić information content (AvgIpc) is 2.93. The van der Waals surface area contributed by atoms with Crippen molar-refractivity contribution >= 4 is 11.6 Å². The van der Waals surface area contributed by atoms with Crippen LogP contribution in [0.5, 0.6) is 0 Å². The number of nitrogens with one attached hydrogen (secondary N) is 2. The first-order valence-corrected chi connectivity index (χ1v) is 7.57. The van der Waals surface area contributed by atoms with Crippen molar-refractivity contribution in [3.05, 3.63) is 30.1 Å². The predicted molar refractivity (Wildman–Crippen MR) is 82.8 cm³/mol. The number of hydrogen-bond acceptors (Lipinski definition) is 3. The first kappa shape index (κ1) is 15.9. The highest BCUT2D eigenvalue weighted by molar-refractivity contribution is 5.92. The Morgan fingerprint density at radius 1 is 1.43 bits per heavy atom. The average molecular weight is 293 g/mol. The second-order valence-corrected chi connectivity index (χ2v) is 5.87. The molecule has 2 rings (SSSR count). The Bertz CT molecular complexity index is 455. The molecule has 0 bridgehead atoms. The maximum atomic E-state index is 12.8. The second-order valence-electron chi connectivity index (χ2n) is 5.87. The zero-order chi connectivity index (χ0) is 15.2. The summed E-state index contributed by atoms with van der Waals surface area (Å²) in [5, 5.41) is 6.27. The highest BCUT2D eigenvalue weighted by Gasteiger charge is 2.21. The van der Waals surface area contributed by atoms with Gasteiger partial charge in [0.2, 0.25) is 5.91 Å². The molecule has 1 aromatic rings. The van der Waals surface area contributed by atoms with Crippen molar-refractivity contribution in [3.8, 4) is 0 Å². The number of anilines is 1. The monoisotopic (exact) mass is 293 g/mol. The summed E-state index contributed by atoms with van der Waals surface area (Å²) in [5.74, 6) is -0.364. The van der Waals surface area contributed by atoms with E-state index in [-0.39, 0.29) is 11.7 Å². The van der Waals surface area contributed by atoms with Crippen molar-refractivity contribution in [2.24, 2.45) is 0 Å². The van der Waals surface area contributed by atoms with Gasteiger partial charge in [-0.2, -0.15) is 0 Å². The number of halogens is 1. The fraction of sp³-hybridized carbons (Fsp3) is 0.562. The van der Waals surface area contributed by atoms with Crippen molar-refractivity contribution in [1.82, 2.24) is 10.2 Å². The van der Waals surface area contributed by atoms with Gasteiger partial charge in [0.25, 0.3) is 0 Å². The van der Waals surface area contributed by atoms with Crippen LogP contribution in [0.25, 0.3) is 0 Å². The molecular weight excluding hydrogens is 269 g/mol. The number of carbonyl (C=O) groups excluding carboxylic acids is 1. The van der Waals surface area contributed by atoms with Crippen LogP contribution in [0.2, 0.25) is 0 Å². The highest BCUT2D eigenvalue weighted by Crippen LogP contribution is 2.11. The van der Waals surface area contributed by atoms with Gasteiger partial charge in [0.15, 0.2) is 0 Å². The Balaban J connectivity index is 1.86. The van der Waals surface area contributed by atoms with E-state index in [9.17, 15) is 9.18 Å². The lowest BCUT2D eigenvalue weighted by Gasteiger charge is -2.28. The molecule has 0 spiro atoms. The van der Waals surface area contributed by atoms with E-state index in [1.165, 1.54) is 25.0 Å². The molecule has 1 amide bonds. The molecule has 1 fully saturated rings. The predicted octanol–water partition coefficient (Wildman–Crippen LogP) is 2.23. The standard InChI is InChI=1S/C16H24FN3O/c1-12(2)20(10-15-4-3-9-18-15)11-16(21)19-14-7-5-13(17)6-8-14/h5-8,12,15,18H,3-4,9-11H2,1-2H3,(H,19,21). The van der Waals surface area contributed by atoms with Crippen molar-refractivity contribution in [3.63, 3.8) is 0 Å². The number of amides is 1. The van der Waals surface area contributed by atoms with Crippen molar-refractivity contribution in [2.75, 3.05) is 25.0 Å². The largest absolute Gasteiger partial charge is 0.325 e. The molecule has 0 aromatic heterocycles. The molecule has 0 radical (unpaired) electrons. The van der Waals surface area contributed by atoms with Crippen molar-refractivity contribution < 1.29 is 9.18 Å². The molecule has 1 heterocycles. The Hall–Kier alpha value is -1.46. The minimum absolute atomic E-state index is 0.0618. The lowest BCUT2D eigenvalue weighted by atomic mass is 10.2. The van der Waals surface area contributed by atoms with Gasteiger partial charge in [0.1, 0.15) is 5.82 Å². The Morgan fingerprint density at radius 3 is 2.71 bits per heavy atom. The summed E-state index contributed by atoms with van der Waals surface area (Å²) in [6.45, 7) is 6.50. The van der Waals surface area contributed by atoms with Crippen LogP contribution >= 0.6 is 0 Å². The maximum Gasteiger partial charge on any atom is 0.238 e. The molecule has 5 heteroatoms. The first-order valence-electron chi connectivity index (χ1n) is 7.57. The van der Waals surface area contributed by atoms with Gasteiger partial charge < -0.3 is 10.6 Å². The van der Waals surface area contributed by atoms with Crippen LogP contribution in [0.15, 0.2) is 24.3 Å². The third kappa shape index (κ3) is 5.10. The second kappa shape index (κ2) is 7.52. The lowest BCUT2D eigenvalue weighted by molar-refractivity contribution is -0.117. The summed E-state index contributed by atoms with van der Waals surface area (Å²) in [6, 6.07) is 6.63. The van der Waals surface area contributed by atoms with E-state index in [0.29, 0.717) is 24.3 Å². The molecule has 1 aromatic carbocycles. The normalized spacial score (nSPS) is 18.4. The first-order chi connectivity index (χ1) is 10.0. The summed E-state index contributed by atoms with van der Waals surface area (Å²) in [6.07, 6.45) is 2.38. The van der Waals surface area contributed by atoms with E-state index in [0.717, 1.165) is 13.1 Å². The third-order valence-corrected chi connectivity index (χ3v) is 3.82. The Kier molecular flexibility index (Phi) is 5.70. The lowest BCUT2D eigenvalue weighted by Crippen LogP contribution is -2.44. The van der Waals surface area contributed by atoms with Gasteiger partial charge in [-0.25, -0.2) is 4.39 Å². The van der Waals surface area contributed by atoms with Gasteiger partial charge in [-0.3, -0.25) is 9.69 Å². The van der Waals surface area contributed by atoms with Crippen LogP contribution in [-0.2, 0) is 4.79 Å². The summed E-state index contributed by atoms with van der Waals surface area (Å²) < 4.78 is 12.8. The van der Waals surface area contributed by atoms with Gasteiger partial charge in [-0.05, 0) is 57.5 Å². The van der Waals surface area contributed by atoms with Crippen molar-refractivity contribution in [2.45, 2.75) is 38.8 Å². The maximum absolute atomic E-state index is 12.8. The van der Waals surface area contributed by atoms with E-state index in [2.05, 4.69) is 29.4 Å². The number of benzene rings is 1. The number of rotatable bonds is 6. The molecule has 1 unspecified atom stereocenters. The SMILES string of the molecule is CC(C)N(CC(=O)Nc1ccc(F)cc1)CC1CCCN1. The molecule has 1 saturated heterocycles. The van der Waals surface area contributed by atoms with E-state index in [1.54, 1.807) is 12.1 Å². The van der Waals surface area contributed by atoms with Crippen LogP contribution < -0.4 is 10.6 Å². The Labute approximate surface area is 125 Å². The van der Waals surface area contributed by atoms with Gasteiger partial charge in [-0.15, -0.1) is 0 Å². The van der Waals surface area contributed by atoms with Crippen LogP contribution in [0.3, 0.4) is 0 Å². The minimum atomic E-state index is -0.302. The quantitative estimate of drug-likeness (QED) is 0.845. The number of nitrogens with zero attached hydrogens (tertiary/aromatic N) is 1. The fourth-order valence-corrected chi connectivity index (χ4v) is 2.57. The molecule has 21 heavy (non-hydrogen) atoms. The van der Waals surface area contributed by atoms with Gasteiger partial charge >= 0.3 is 0 Å². The van der Waals surface area contributed by atoms with Crippen LogP contribution in [0.4, 0.5) is 10.1 Å². The molecule has 4 nitrogen and oxygen atoms in total. The van der Waals surface area contributed by atoms with E-state index in [4.69, 9.17) is 0 Å². The summed E-state index contributed by atoms with van der Waals surface area (Å²) in [5.41, 5.74) is 0.629. The number of hydrogen-bond donors (Lipinski definition) is 2. The van der Waals surface area contributed by atoms with E-state index in [1.807, 2.05) is 0 Å².